The molecule has 0 bridgehead atoms. The molecule has 0 amide bonds. The number of nitrogens with zero attached hydrogens (tertiary/aromatic N) is 1. The summed E-state index contributed by atoms with van der Waals surface area (Å²) in [6, 6.07) is 7.53. The molecule has 3 heteroatoms. The summed E-state index contributed by atoms with van der Waals surface area (Å²) >= 11 is 0. The minimum Gasteiger partial charge on any atom is -0.399 e. The van der Waals surface area contributed by atoms with Crippen LogP contribution in [0.2, 0.25) is 0 Å². The second kappa shape index (κ2) is 6.03. The minimum atomic E-state index is -0.395. The van der Waals surface area contributed by atoms with Crippen molar-refractivity contribution in [3.63, 3.8) is 0 Å². The highest BCUT2D eigenvalue weighted by molar-refractivity contribution is 5.39. The molecule has 1 aromatic rings. The van der Waals surface area contributed by atoms with Gasteiger partial charge in [0.2, 0.25) is 0 Å². The standard InChI is InChI=1S/C14H22N2O/c15-13-7-5-12(6-8-13)14(17)11-16-9-3-1-2-4-10-16/h5-8,14,17H,1-4,9-11,15H2. The molecule has 0 aromatic heterocycles. The highest BCUT2D eigenvalue weighted by Gasteiger charge is 2.14. The molecular weight excluding hydrogens is 212 g/mol. The van der Waals surface area contributed by atoms with Gasteiger partial charge in [-0.25, -0.2) is 0 Å². The Bertz CT molecular complexity index is 329. The van der Waals surface area contributed by atoms with Gasteiger partial charge in [-0.2, -0.15) is 0 Å². The molecule has 1 aliphatic rings. The van der Waals surface area contributed by atoms with Crippen LogP contribution < -0.4 is 5.73 Å². The molecule has 17 heavy (non-hydrogen) atoms. The number of benzene rings is 1. The summed E-state index contributed by atoms with van der Waals surface area (Å²) in [5.41, 5.74) is 7.35. The van der Waals surface area contributed by atoms with Gasteiger partial charge in [0.1, 0.15) is 0 Å². The van der Waals surface area contributed by atoms with Crippen LogP contribution in [0.25, 0.3) is 0 Å². The molecule has 1 atom stereocenters. The van der Waals surface area contributed by atoms with Gasteiger partial charge >= 0.3 is 0 Å². The van der Waals surface area contributed by atoms with Gasteiger partial charge < -0.3 is 15.7 Å². The quantitative estimate of drug-likeness (QED) is 0.788. The van der Waals surface area contributed by atoms with Gasteiger partial charge in [-0.3, -0.25) is 0 Å². The molecule has 1 fully saturated rings. The molecule has 94 valence electrons. The number of hydrogen-bond acceptors (Lipinski definition) is 3. The maximum absolute atomic E-state index is 10.2. The maximum Gasteiger partial charge on any atom is 0.0916 e. The van der Waals surface area contributed by atoms with Crippen molar-refractivity contribution in [1.82, 2.24) is 4.90 Å². The normalized spacial score (nSPS) is 19.8. The van der Waals surface area contributed by atoms with Crippen molar-refractivity contribution in [2.75, 3.05) is 25.4 Å². The van der Waals surface area contributed by atoms with Crippen LogP contribution in [0.3, 0.4) is 0 Å². The number of anilines is 1. The lowest BCUT2D eigenvalue weighted by molar-refractivity contribution is 0.115. The van der Waals surface area contributed by atoms with E-state index in [9.17, 15) is 5.11 Å². The van der Waals surface area contributed by atoms with Crippen LogP contribution in [-0.2, 0) is 0 Å². The van der Waals surface area contributed by atoms with Crippen molar-refractivity contribution in [3.8, 4) is 0 Å². The summed E-state index contributed by atoms with van der Waals surface area (Å²) in [5, 5.41) is 10.2. The Morgan fingerprint density at radius 1 is 1.06 bits per heavy atom. The predicted octanol–water partition coefficient (Wildman–Crippen LogP) is 2.18. The number of nitrogen functional groups attached to an aromatic ring is 1. The third kappa shape index (κ3) is 3.72. The van der Waals surface area contributed by atoms with Crippen molar-refractivity contribution in [3.05, 3.63) is 29.8 Å². The molecule has 1 heterocycles. The van der Waals surface area contributed by atoms with Gasteiger partial charge in [0.05, 0.1) is 6.10 Å². The van der Waals surface area contributed by atoms with E-state index in [4.69, 9.17) is 5.73 Å². The van der Waals surface area contributed by atoms with E-state index in [2.05, 4.69) is 4.90 Å². The second-order valence-electron chi connectivity index (χ2n) is 4.90. The SMILES string of the molecule is Nc1ccc(C(O)CN2CCCCCC2)cc1. The summed E-state index contributed by atoms with van der Waals surface area (Å²) in [6.07, 6.45) is 4.78. The number of likely N-dealkylation sites (tertiary alicyclic amines) is 1. The van der Waals surface area contributed by atoms with Gasteiger partial charge in [-0.05, 0) is 43.6 Å². The highest BCUT2D eigenvalue weighted by Crippen LogP contribution is 2.18. The fourth-order valence-electron chi connectivity index (χ4n) is 2.39. The number of hydrogen-bond donors (Lipinski definition) is 2. The molecule has 1 unspecified atom stereocenters. The number of aliphatic hydroxyl groups is 1. The van der Waals surface area contributed by atoms with Crippen molar-refractivity contribution in [2.45, 2.75) is 31.8 Å². The first-order valence-corrected chi connectivity index (χ1v) is 6.51. The van der Waals surface area contributed by atoms with E-state index >= 15 is 0 Å². The molecule has 0 radical (unpaired) electrons. The average Bonchev–Trinajstić information content (AvgIpc) is 2.58. The largest absolute Gasteiger partial charge is 0.399 e. The molecule has 1 aromatic carbocycles. The third-order valence-corrected chi connectivity index (χ3v) is 3.45. The van der Waals surface area contributed by atoms with Crippen molar-refractivity contribution in [2.24, 2.45) is 0 Å². The van der Waals surface area contributed by atoms with Crippen LogP contribution in [0.4, 0.5) is 5.69 Å². The molecule has 2 rings (SSSR count). The lowest BCUT2D eigenvalue weighted by Crippen LogP contribution is -2.29. The molecule has 0 saturated carbocycles. The number of rotatable bonds is 3. The fourth-order valence-corrected chi connectivity index (χ4v) is 2.39. The third-order valence-electron chi connectivity index (χ3n) is 3.45. The van der Waals surface area contributed by atoms with E-state index in [-0.39, 0.29) is 0 Å². The molecule has 1 aliphatic heterocycles. The highest BCUT2D eigenvalue weighted by atomic mass is 16.3. The van der Waals surface area contributed by atoms with E-state index in [1.54, 1.807) is 0 Å². The first-order chi connectivity index (χ1) is 8.25. The molecule has 3 N–H and O–H groups in total. The van der Waals surface area contributed by atoms with Gasteiger partial charge in [-0.1, -0.05) is 25.0 Å². The monoisotopic (exact) mass is 234 g/mol. The van der Waals surface area contributed by atoms with Crippen LogP contribution in [0.1, 0.15) is 37.4 Å². The van der Waals surface area contributed by atoms with Crippen LogP contribution in [0, 0.1) is 0 Å². The van der Waals surface area contributed by atoms with E-state index in [1.165, 1.54) is 25.7 Å². The average molecular weight is 234 g/mol. The first kappa shape index (κ1) is 12.4. The van der Waals surface area contributed by atoms with Crippen molar-refractivity contribution >= 4 is 5.69 Å². The Morgan fingerprint density at radius 2 is 1.65 bits per heavy atom. The molecular formula is C14H22N2O. The van der Waals surface area contributed by atoms with Crippen molar-refractivity contribution < 1.29 is 5.11 Å². The van der Waals surface area contributed by atoms with Gasteiger partial charge in [-0.15, -0.1) is 0 Å². The van der Waals surface area contributed by atoms with E-state index < -0.39 is 6.10 Å². The molecule has 3 nitrogen and oxygen atoms in total. The lowest BCUT2D eigenvalue weighted by Gasteiger charge is -2.23. The Morgan fingerprint density at radius 3 is 2.24 bits per heavy atom. The molecule has 1 saturated heterocycles. The predicted molar refractivity (Wildman–Crippen MR) is 70.7 cm³/mol. The lowest BCUT2D eigenvalue weighted by atomic mass is 10.1. The Labute approximate surface area is 103 Å². The van der Waals surface area contributed by atoms with E-state index in [1.807, 2.05) is 24.3 Å². The first-order valence-electron chi connectivity index (χ1n) is 6.51. The van der Waals surface area contributed by atoms with Crippen LogP contribution in [-0.4, -0.2) is 29.6 Å². The van der Waals surface area contributed by atoms with Crippen LogP contribution in [0.15, 0.2) is 24.3 Å². The van der Waals surface area contributed by atoms with Crippen LogP contribution >= 0.6 is 0 Å². The van der Waals surface area contributed by atoms with Gasteiger partial charge in [0.15, 0.2) is 0 Å². The van der Waals surface area contributed by atoms with E-state index in [0.717, 1.165) is 30.9 Å². The second-order valence-corrected chi connectivity index (χ2v) is 4.90. The summed E-state index contributed by atoms with van der Waals surface area (Å²) in [4.78, 5) is 2.37. The summed E-state index contributed by atoms with van der Waals surface area (Å²) in [7, 11) is 0. The summed E-state index contributed by atoms with van der Waals surface area (Å²) < 4.78 is 0. The zero-order valence-corrected chi connectivity index (χ0v) is 10.3. The summed E-state index contributed by atoms with van der Waals surface area (Å²) in [6.45, 7) is 2.97. The Hall–Kier alpha value is -1.06. The van der Waals surface area contributed by atoms with Gasteiger partial charge in [0, 0.05) is 12.2 Å². The molecule has 0 aliphatic carbocycles. The maximum atomic E-state index is 10.2. The number of β-amino-alcohol motifs (C(OH)–C–C–N with tert-alkyl or cyclic N) is 1. The Balaban J connectivity index is 1.91. The zero-order chi connectivity index (χ0) is 12.1. The topological polar surface area (TPSA) is 49.5 Å². The van der Waals surface area contributed by atoms with Gasteiger partial charge in [0.25, 0.3) is 0 Å². The fraction of sp³-hybridized carbons (Fsp3) is 0.571. The Kier molecular flexibility index (Phi) is 4.40. The zero-order valence-electron chi connectivity index (χ0n) is 10.3. The minimum absolute atomic E-state index is 0.395. The molecule has 0 spiro atoms. The smallest absolute Gasteiger partial charge is 0.0916 e. The van der Waals surface area contributed by atoms with Crippen LogP contribution in [0.5, 0.6) is 0 Å². The summed E-state index contributed by atoms with van der Waals surface area (Å²) in [5.74, 6) is 0. The number of nitrogens with two attached hydrogens (primary N) is 1. The number of aliphatic hydroxyl groups excluding tert-OH is 1. The van der Waals surface area contributed by atoms with E-state index in [0.29, 0.717) is 0 Å². The van der Waals surface area contributed by atoms with Crippen molar-refractivity contribution in [1.29, 1.82) is 0 Å².